The fourth-order valence-corrected chi connectivity index (χ4v) is 3.28. The molecule has 3 rings (SSSR count). The first-order valence-corrected chi connectivity index (χ1v) is 8.16. The number of hydrogen-bond acceptors (Lipinski definition) is 5. The van der Waals surface area contributed by atoms with Gasteiger partial charge in [-0.05, 0) is 25.7 Å². The second-order valence-electron chi connectivity index (χ2n) is 6.07. The van der Waals surface area contributed by atoms with Gasteiger partial charge in [0.15, 0.2) is 0 Å². The summed E-state index contributed by atoms with van der Waals surface area (Å²) in [5, 5.41) is 3.22. The first-order chi connectivity index (χ1) is 10.3. The van der Waals surface area contributed by atoms with Crippen LogP contribution < -0.4 is 5.32 Å². The minimum Gasteiger partial charge on any atom is -0.377 e. The van der Waals surface area contributed by atoms with Gasteiger partial charge in [0.2, 0.25) is 5.91 Å². The summed E-state index contributed by atoms with van der Waals surface area (Å²) in [4.78, 5) is 14.2. The zero-order chi connectivity index (χ0) is 14.5. The van der Waals surface area contributed by atoms with Crippen LogP contribution in [0.2, 0.25) is 0 Å². The summed E-state index contributed by atoms with van der Waals surface area (Å²) in [5.74, 6) is 0.152. The van der Waals surface area contributed by atoms with Gasteiger partial charge in [0.05, 0.1) is 25.4 Å². The normalized spacial score (nSPS) is 33.5. The van der Waals surface area contributed by atoms with E-state index < -0.39 is 0 Å². The smallest absolute Gasteiger partial charge is 0.236 e. The molecule has 3 heterocycles. The van der Waals surface area contributed by atoms with Gasteiger partial charge in [-0.3, -0.25) is 4.79 Å². The van der Waals surface area contributed by atoms with Crippen molar-refractivity contribution < 1.29 is 19.0 Å². The summed E-state index contributed by atoms with van der Waals surface area (Å²) in [5.41, 5.74) is 0. The first kappa shape index (κ1) is 15.2. The maximum atomic E-state index is 12.3. The molecule has 21 heavy (non-hydrogen) atoms. The van der Waals surface area contributed by atoms with Crippen molar-refractivity contribution in [3.05, 3.63) is 0 Å². The lowest BCUT2D eigenvalue weighted by molar-refractivity contribution is -0.143. The Morgan fingerprint density at radius 3 is 2.62 bits per heavy atom. The molecule has 3 aliphatic heterocycles. The molecule has 1 N–H and O–H groups in total. The number of morpholine rings is 1. The molecule has 0 aromatic heterocycles. The van der Waals surface area contributed by atoms with Crippen molar-refractivity contribution in [1.82, 2.24) is 10.2 Å². The van der Waals surface area contributed by atoms with Crippen molar-refractivity contribution in [3.63, 3.8) is 0 Å². The molecule has 0 aliphatic carbocycles. The Morgan fingerprint density at radius 2 is 1.86 bits per heavy atom. The molecule has 0 aromatic rings. The van der Waals surface area contributed by atoms with Crippen LogP contribution in [0.4, 0.5) is 0 Å². The third kappa shape index (κ3) is 4.16. The van der Waals surface area contributed by atoms with Crippen molar-refractivity contribution >= 4 is 5.91 Å². The number of ether oxygens (including phenoxy) is 3. The lowest BCUT2D eigenvalue weighted by Gasteiger charge is -2.35. The Hall–Kier alpha value is -0.690. The van der Waals surface area contributed by atoms with Gasteiger partial charge in [-0.25, -0.2) is 0 Å². The van der Waals surface area contributed by atoms with Gasteiger partial charge in [0.1, 0.15) is 6.10 Å². The average Bonchev–Trinajstić information content (AvgIpc) is 3.21. The van der Waals surface area contributed by atoms with E-state index in [0.717, 1.165) is 45.4 Å². The molecule has 3 atom stereocenters. The molecule has 6 heteroatoms. The van der Waals surface area contributed by atoms with E-state index in [0.29, 0.717) is 26.2 Å². The topological polar surface area (TPSA) is 60.0 Å². The molecule has 0 aromatic carbocycles. The molecule has 0 radical (unpaired) electrons. The lowest BCUT2D eigenvalue weighted by Crippen LogP contribution is -2.52. The van der Waals surface area contributed by atoms with Gasteiger partial charge in [0, 0.05) is 32.8 Å². The van der Waals surface area contributed by atoms with Gasteiger partial charge in [-0.1, -0.05) is 0 Å². The molecule has 0 spiro atoms. The number of rotatable bonds is 5. The average molecular weight is 298 g/mol. The van der Waals surface area contributed by atoms with E-state index >= 15 is 0 Å². The van der Waals surface area contributed by atoms with Crippen molar-refractivity contribution in [2.24, 2.45) is 0 Å². The molecular weight excluding hydrogens is 272 g/mol. The van der Waals surface area contributed by atoms with E-state index in [4.69, 9.17) is 14.2 Å². The van der Waals surface area contributed by atoms with Crippen LogP contribution in [0.5, 0.6) is 0 Å². The van der Waals surface area contributed by atoms with Crippen molar-refractivity contribution in [1.29, 1.82) is 0 Å². The number of amides is 1. The van der Waals surface area contributed by atoms with Gasteiger partial charge in [0.25, 0.3) is 0 Å². The van der Waals surface area contributed by atoms with Crippen molar-refractivity contribution in [2.75, 3.05) is 46.0 Å². The van der Waals surface area contributed by atoms with Crippen LogP contribution in [-0.2, 0) is 19.0 Å². The third-order valence-corrected chi connectivity index (χ3v) is 4.50. The maximum absolute atomic E-state index is 12.3. The molecule has 3 aliphatic rings. The number of nitrogens with one attached hydrogen (secondary N) is 1. The fourth-order valence-electron chi connectivity index (χ4n) is 3.28. The van der Waals surface area contributed by atoms with Crippen LogP contribution in [0.25, 0.3) is 0 Å². The van der Waals surface area contributed by atoms with Gasteiger partial charge >= 0.3 is 0 Å². The quantitative estimate of drug-likeness (QED) is 0.783. The standard InChI is InChI=1S/C15H26N2O4/c18-15(10-16-9-12-3-1-6-19-12)17-5-8-21-14(11-17)13-4-2-7-20-13/h12-14,16H,1-11H2/t12-,13-,14+/m0/s1. The predicted molar refractivity (Wildman–Crippen MR) is 77.1 cm³/mol. The Kier molecular flexibility index (Phi) is 5.46. The molecular formula is C15H26N2O4. The van der Waals surface area contributed by atoms with E-state index in [1.165, 1.54) is 0 Å². The van der Waals surface area contributed by atoms with E-state index in [1.807, 2.05) is 4.90 Å². The van der Waals surface area contributed by atoms with Crippen LogP contribution in [-0.4, -0.2) is 75.1 Å². The SMILES string of the molecule is O=C(CNC[C@@H]1CCCO1)N1CCO[C@@H]([C@@H]2CCCO2)C1. The van der Waals surface area contributed by atoms with Crippen LogP contribution in [0, 0.1) is 0 Å². The zero-order valence-corrected chi connectivity index (χ0v) is 12.6. The summed E-state index contributed by atoms with van der Waals surface area (Å²) in [7, 11) is 0. The van der Waals surface area contributed by atoms with Gasteiger partial charge in [-0.2, -0.15) is 0 Å². The van der Waals surface area contributed by atoms with Crippen molar-refractivity contribution in [2.45, 2.75) is 44.0 Å². The fraction of sp³-hybridized carbons (Fsp3) is 0.933. The van der Waals surface area contributed by atoms with Crippen LogP contribution in [0.3, 0.4) is 0 Å². The summed E-state index contributed by atoms with van der Waals surface area (Å²) in [6.07, 6.45) is 4.86. The van der Waals surface area contributed by atoms with Crippen LogP contribution >= 0.6 is 0 Å². The van der Waals surface area contributed by atoms with Crippen molar-refractivity contribution in [3.8, 4) is 0 Å². The molecule has 3 saturated heterocycles. The van der Waals surface area contributed by atoms with E-state index in [-0.39, 0.29) is 24.2 Å². The van der Waals surface area contributed by atoms with E-state index in [9.17, 15) is 4.79 Å². The second kappa shape index (κ2) is 7.54. The Balaban J connectivity index is 1.38. The molecule has 6 nitrogen and oxygen atoms in total. The molecule has 0 saturated carbocycles. The summed E-state index contributed by atoms with van der Waals surface area (Å²) >= 11 is 0. The number of hydrogen-bond donors (Lipinski definition) is 1. The number of carbonyl (C=O) groups is 1. The summed E-state index contributed by atoms with van der Waals surface area (Å²) in [6, 6.07) is 0. The van der Waals surface area contributed by atoms with Crippen LogP contribution in [0.1, 0.15) is 25.7 Å². The zero-order valence-electron chi connectivity index (χ0n) is 12.6. The predicted octanol–water partition coefficient (Wildman–Crippen LogP) is 0.161. The summed E-state index contributed by atoms with van der Waals surface area (Å²) in [6.45, 7) is 4.79. The molecule has 3 fully saturated rings. The Morgan fingerprint density at radius 1 is 1.05 bits per heavy atom. The van der Waals surface area contributed by atoms with E-state index in [1.54, 1.807) is 0 Å². The highest BCUT2D eigenvalue weighted by Crippen LogP contribution is 2.21. The number of nitrogens with zero attached hydrogens (tertiary/aromatic N) is 1. The maximum Gasteiger partial charge on any atom is 0.236 e. The van der Waals surface area contributed by atoms with Crippen LogP contribution in [0.15, 0.2) is 0 Å². The van der Waals surface area contributed by atoms with Gasteiger partial charge in [-0.15, -0.1) is 0 Å². The minimum atomic E-state index is 0.0448. The molecule has 0 bridgehead atoms. The van der Waals surface area contributed by atoms with Gasteiger partial charge < -0.3 is 24.4 Å². The summed E-state index contributed by atoms with van der Waals surface area (Å²) < 4.78 is 17.0. The van der Waals surface area contributed by atoms with E-state index in [2.05, 4.69) is 5.32 Å². The third-order valence-electron chi connectivity index (χ3n) is 4.50. The number of carbonyl (C=O) groups excluding carboxylic acids is 1. The first-order valence-electron chi connectivity index (χ1n) is 8.16. The largest absolute Gasteiger partial charge is 0.377 e. The highest BCUT2D eigenvalue weighted by molar-refractivity contribution is 5.78. The second-order valence-corrected chi connectivity index (χ2v) is 6.07. The Bertz CT molecular complexity index is 341. The molecule has 1 amide bonds. The Labute approximate surface area is 126 Å². The lowest BCUT2D eigenvalue weighted by atomic mass is 10.1. The molecule has 120 valence electrons. The highest BCUT2D eigenvalue weighted by atomic mass is 16.5. The highest BCUT2D eigenvalue weighted by Gasteiger charge is 2.32. The minimum absolute atomic E-state index is 0.0448. The molecule has 0 unspecified atom stereocenters. The monoisotopic (exact) mass is 298 g/mol.